The van der Waals surface area contributed by atoms with E-state index in [9.17, 15) is 9.59 Å². The number of aliphatic imine (C=N–C) groups is 1. The molecule has 9 heteroatoms. The maximum atomic E-state index is 12.4. The van der Waals surface area contributed by atoms with E-state index in [0.717, 1.165) is 25.3 Å². The van der Waals surface area contributed by atoms with Gasteiger partial charge in [0.1, 0.15) is 6.54 Å². The summed E-state index contributed by atoms with van der Waals surface area (Å²) in [5.41, 5.74) is 0. The molecule has 2 rings (SSSR count). The number of unbranched alkanes of at least 4 members (excludes halogenated alkanes) is 1. The summed E-state index contributed by atoms with van der Waals surface area (Å²) < 4.78 is 5.19. The van der Waals surface area contributed by atoms with E-state index in [1.807, 2.05) is 0 Å². The van der Waals surface area contributed by atoms with Crippen molar-refractivity contribution in [2.24, 2.45) is 4.99 Å². The molecule has 0 saturated carbocycles. The van der Waals surface area contributed by atoms with Gasteiger partial charge in [-0.2, -0.15) is 0 Å². The number of carbonyl (C=O) groups excluding carboxylic acids is 2. The van der Waals surface area contributed by atoms with Crippen molar-refractivity contribution in [1.82, 2.24) is 20.0 Å². The van der Waals surface area contributed by atoms with E-state index >= 15 is 0 Å². The van der Waals surface area contributed by atoms with Crippen molar-refractivity contribution in [2.45, 2.75) is 19.8 Å². The Balaban J connectivity index is 0.00000364. The van der Waals surface area contributed by atoms with Gasteiger partial charge in [0.05, 0.1) is 6.26 Å². The second kappa shape index (κ2) is 11.8. The van der Waals surface area contributed by atoms with Crippen LogP contribution < -0.4 is 5.32 Å². The van der Waals surface area contributed by atoms with E-state index in [1.54, 1.807) is 31.1 Å². The Morgan fingerprint density at radius 3 is 2.44 bits per heavy atom. The zero-order valence-electron chi connectivity index (χ0n) is 16.3. The molecule has 2 heterocycles. The number of rotatable bonds is 6. The Hall–Kier alpha value is -1.78. The topological polar surface area (TPSA) is 81.4 Å². The molecule has 1 N–H and O–H groups in total. The number of nitrogens with one attached hydrogen (secondary N) is 1. The number of likely N-dealkylation sites (N-methyl/N-ethyl adjacent to an activating group) is 1. The number of amides is 2. The second-order valence-electron chi connectivity index (χ2n) is 6.46. The Labute approximate surface area is 178 Å². The third-order valence-electron chi connectivity index (χ3n) is 4.27. The minimum Gasteiger partial charge on any atom is -0.459 e. The van der Waals surface area contributed by atoms with Crippen molar-refractivity contribution in [2.75, 3.05) is 53.4 Å². The van der Waals surface area contributed by atoms with Gasteiger partial charge in [-0.3, -0.25) is 9.59 Å². The summed E-state index contributed by atoms with van der Waals surface area (Å²) in [5, 5.41) is 3.34. The lowest BCUT2D eigenvalue weighted by Crippen LogP contribution is -2.54. The van der Waals surface area contributed by atoms with Crippen molar-refractivity contribution >= 4 is 41.8 Å². The molecule has 0 atom stereocenters. The number of hydrogen-bond donors (Lipinski definition) is 1. The first-order chi connectivity index (χ1) is 12.5. The van der Waals surface area contributed by atoms with Crippen LogP contribution in [0.3, 0.4) is 0 Å². The Kier molecular flexibility index (Phi) is 10.2. The van der Waals surface area contributed by atoms with E-state index in [4.69, 9.17) is 4.42 Å². The first kappa shape index (κ1) is 23.3. The van der Waals surface area contributed by atoms with Gasteiger partial charge in [-0.1, -0.05) is 13.3 Å². The molecular weight excluding hydrogens is 461 g/mol. The molecule has 8 nitrogen and oxygen atoms in total. The fourth-order valence-electron chi connectivity index (χ4n) is 2.61. The molecule has 1 aromatic heterocycles. The second-order valence-corrected chi connectivity index (χ2v) is 6.46. The van der Waals surface area contributed by atoms with Gasteiger partial charge in [0, 0.05) is 46.8 Å². The molecule has 0 spiro atoms. The SMILES string of the molecule is CCCCNC(=NCC(=O)N(C)C)N1CCN(C(=O)c2ccco2)CC1.I. The molecule has 0 radical (unpaired) electrons. The number of halogens is 1. The van der Waals surface area contributed by atoms with E-state index in [2.05, 4.69) is 22.1 Å². The number of piperazine rings is 1. The number of furan rings is 1. The van der Waals surface area contributed by atoms with Gasteiger partial charge in [0.2, 0.25) is 5.91 Å². The first-order valence-corrected chi connectivity index (χ1v) is 9.09. The van der Waals surface area contributed by atoms with Gasteiger partial charge in [0.25, 0.3) is 5.91 Å². The Morgan fingerprint density at radius 1 is 1.22 bits per heavy atom. The summed E-state index contributed by atoms with van der Waals surface area (Å²) in [6.45, 7) is 5.59. The largest absolute Gasteiger partial charge is 0.459 e. The number of hydrogen-bond acceptors (Lipinski definition) is 4. The van der Waals surface area contributed by atoms with Gasteiger partial charge in [0.15, 0.2) is 11.7 Å². The third kappa shape index (κ3) is 7.04. The van der Waals surface area contributed by atoms with Crippen molar-refractivity contribution < 1.29 is 14.0 Å². The minimum absolute atomic E-state index is 0. The monoisotopic (exact) mass is 491 g/mol. The van der Waals surface area contributed by atoms with Crippen molar-refractivity contribution in [3.8, 4) is 0 Å². The van der Waals surface area contributed by atoms with Crippen LogP contribution >= 0.6 is 24.0 Å². The van der Waals surface area contributed by atoms with Gasteiger partial charge in [-0.05, 0) is 18.6 Å². The Bertz CT molecular complexity index is 611. The highest BCUT2D eigenvalue weighted by atomic mass is 127. The zero-order chi connectivity index (χ0) is 18.9. The lowest BCUT2D eigenvalue weighted by molar-refractivity contribution is -0.127. The predicted octanol–water partition coefficient (Wildman–Crippen LogP) is 1.49. The van der Waals surface area contributed by atoms with Crippen LogP contribution in [0.15, 0.2) is 27.8 Å². The van der Waals surface area contributed by atoms with Gasteiger partial charge in [-0.25, -0.2) is 4.99 Å². The molecule has 1 fully saturated rings. The van der Waals surface area contributed by atoms with Gasteiger partial charge < -0.3 is 24.4 Å². The van der Waals surface area contributed by atoms with E-state index in [1.165, 1.54) is 11.2 Å². The van der Waals surface area contributed by atoms with Crippen LogP contribution in [0.1, 0.15) is 30.3 Å². The maximum Gasteiger partial charge on any atom is 0.289 e. The summed E-state index contributed by atoms with van der Waals surface area (Å²) >= 11 is 0. The summed E-state index contributed by atoms with van der Waals surface area (Å²) in [4.78, 5) is 34.1. The van der Waals surface area contributed by atoms with E-state index < -0.39 is 0 Å². The van der Waals surface area contributed by atoms with Gasteiger partial charge >= 0.3 is 0 Å². The maximum absolute atomic E-state index is 12.4. The molecule has 27 heavy (non-hydrogen) atoms. The lowest BCUT2D eigenvalue weighted by Gasteiger charge is -2.36. The van der Waals surface area contributed by atoms with Crippen molar-refractivity contribution in [3.63, 3.8) is 0 Å². The molecule has 1 saturated heterocycles. The molecule has 152 valence electrons. The predicted molar refractivity (Wildman–Crippen MR) is 116 cm³/mol. The molecule has 0 aromatic carbocycles. The fraction of sp³-hybridized carbons (Fsp3) is 0.611. The average molecular weight is 491 g/mol. The van der Waals surface area contributed by atoms with Gasteiger partial charge in [-0.15, -0.1) is 24.0 Å². The molecule has 0 unspecified atom stereocenters. The first-order valence-electron chi connectivity index (χ1n) is 9.09. The molecule has 0 bridgehead atoms. The molecule has 1 aliphatic heterocycles. The van der Waals surface area contributed by atoms with Crippen LogP contribution in [-0.2, 0) is 4.79 Å². The normalized spacial score (nSPS) is 14.6. The summed E-state index contributed by atoms with van der Waals surface area (Å²) in [6, 6.07) is 3.40. The Morgan fingerprint density at radius 2 is 1.89 bits per heavy atom. The van der Waals surface area contributed by atoms with Crippen molar-refractivity contribution in [3.05, 3.63) is 24.2 Å². The minimum atomic E-state index is -0.0881. The highest BCUT2D eigenvalue weighted by Gasteiger charge is 2.25. The number of nitrogens with zero attached hydrogens (tertiary/aromatic N) is 4. The molecule has 2 amide bonds. The summed E-state index contributed by atoms with van der Waals surface area (Å²) in [7, 11) is 3.45. The quantitative estimate of drug-likeness (QED) is 0.282. The highest BCUT2D eigenvalue weighted by molar-refractivity contribution is 14.0. The van der Waals surface area contributed by atoms with Crippen LogP contribution in [0.5, 0.6) is 0 Å². The molecule has 1 aliphatic rings. The number of guanidine groups is 1. The summed E-state index contributed by atoms with van der Waals surface area (Å²) in [5.74, 6) is 0.977. The zero-order valence-corrected chi connectivity index (χ0v) is 18.6. The lowest BCUT2D eigenvalue weighted by atomic mass is 10.3. The molecule has 0 aliphatic carbocycles. The van der Waals surface area contributed by atoms with Crippen LogP contribution in [0.4, 0.5) is 0 Å². The standard InChI is InChI=1S/C18H29N5O3.HI/c1-4-5-8-19-18(20-14-16(24)21(2)3)23-11-9-22(10-12-23)17(25)15-7-6-13-26-15;/h6-7,13H,4-5,8-12,14H2,1-3H3,(H,19,20);1H. The third-order valence-corrected chi connectivity index (χ3v) is 4.27. The van der Waals surface area contributed by atoms with Crippen LogP contribution in [0.25, 0.3) is 0 Å². The fourth-order valence-corrected chi connectivity index (χ4v) is 2.61. The average Bonchev–Trinajstić information content (AvgIpc) is 3.18. The van der Waals surface area contributed by atoms with Crippen LogP contribution in [-0.4, -0.2) is 85.8 Å². The van der Waals surface area contributed by atoms with E-state index in [0.29, 0.717) is 31.9 Å². The molecule has 1 aromatic rings. The molecular formula is C18H30IN5O3. The van der Waals surface area contributed by atoms with Crippen LogP contribution in [0.2, 0.25) is 0 Å². The highest BCUT2D eigenvalue weighted by Crippen LogP contribution is 2.09. The summed E-state index contributed by atoms with van der Waals surface area (Å²) in [6.07, 6.45) is 3.63. The van der Waals surface area contributed by atoms with E-state index in [-0.39, 0.29) is 42.3 Å². The van der Waals surface area contributed by atoms with Crippen molar-refractivity contribution in [1.29, 1.82) is 0 Å². The van der Waals surface area contributed by atoms with Crippen LogP contribution in [0, 0.1) is 0 Å². The smallest absolute Gasteiger partial charge is 0.289 e. The number of carbonyl (C=O) groups is 2.